The highest BCUT2D eigenvalue weighted by molar-refractivity contribution is 7.24. The number of methoxy groups -OCH3 is 1. The predicted molar refractivity (Wildman–Crippen MR) is 132 cm³/mol. The normalized spacial score (nSPS) is 11.2. The van der Waals surface area contributed by atoms with Crippen LogP contribution >= 0.6 is 11.3 Å². The summed E-state index contributed by atoms with van der Waals surface area (Å²) in [5, 5.41) is 1.51. The van der Waals surface area contributed by atoms with Crippen LogP contribution in [0.4, 0.5) is 0 Å². The molecule has 0 spiro atoms. The van der Waals surface area contributed by atoms with Crippen molar-refractivity contribution in [1.82, 2.24) is 0 Å². The molecule has 0 radical (unpaired) electrons. The zero-order valence-corrected chi connectivity index (χ0v) is 18.3. The van der Waals surface area contributed by atoms with Gasteiger partial charge in [0.1, 0.15) is 5.75 Å². The average molecular weight is 423 g/mol. The summed E-state index contributed by atoms with van der Waals surface area (Å²) in [5.41, 5.74) is 5.46. The zero-order chi connectivity index (χ0) is 21.4. The van der Waals surface area contributed by atoms with Crippen LogP contribution in [0, 0.1) is 0 Å². The van der Waals surface area contributed by atoms with Gasteiger partial charge in [-0.25, -0.2) is 0 Å². The molecular weight excluding hydrogens is 400 g/mol. The van der Waals surface area contributed by atoms with E-state index in [9.17, 15) is 4.79 Å². The monoisotopic (exact) mass is 422 g/mol. The molecule has 0 aliphatic carbocycles. The van der Waals surface area contributed by atoms with Gasteiger partial charge in [0.25, 0.3) is 0 Å². The Labute approximate surface area is 185 Å². The Balaban J connectivity index is 1.89. The minimum absolute atomic E-state index is 0.0677. The lowest BCUT2D eigenvalue weighted by Gasteiger charge is -2.14. The van der Waals surface area contributed by atoms with Gasteiger partial charge in [-0.3, -0.25) is 4.79 Å². The number of fused-ring (bicyclic) bond motifs is 2. The van der Waals surface area contributed by atoms with E-state index in [-0.39, 0.29) is 5.43 Å². The fourth-order valence-corrected chi connectivity index (χ4v) is 5.25. The minimum Gasteiger partial charge on any atom is -0.496 e. The number of para-hydroxylation sites is 1. The third-order valence-electron chi connectivity index (χ3n) is 5.77. The van der Waals surface area contributed by atoms with Crippen molar-refractivity contribution < 1.29 is 4.74 Å². The average Bonchev–Trinajstić information content (AvgIpc) is 2.83. The molecular formula is C28H22O2S. The molecule has 5 aromatic rings. The van der Waals surface area contributed by atoms with E-state index in [1.54, 1.807) is 18.4 Å². The molecule has 0 aliphatic heterocycles. The summed E-state index contributed by atoms with van der Waals surface area (Å²) in [6, 6.07) is 28.7. The Morgan fingerprint density at radius 3 is 2.29 bits per heavy atom. The Hall–Kier alpha value is -3.43. The largest absolute Gasteiger partial charge is 0.496 e. The van der Waals surface area contributed by atoms with Gasteiger partial charge in [0, 0.05) is 25.7 Å². The van der Waals surface area contributed by atoms with Crippen molar-refractivity contribution in [1.29, 1.82) is 0 Å². The number of rotatable bonds is 4. The molecule has 31 heavy (non-hydrogen) atoms. The Morgan fingerprint density at radius 1 is 0.774 bits per heavy atom. The van der Waals surface area contributed by atoms with Crippen molar-refractivity contribution in [2.24, 2.45) is 0 Å². The van der Waals surface area contributed by atoms with Crippen molar-refractivity contribution in [3.8, 4) is 28.0 Å². The van der Waals surface area contributed by atoms with E-state index < -0.39 is 0 Å². The molecule has 0 amide bonds. The van der Waals surface area contributed by atoms with Crippen molar-refractivity contribution in [2.75, 3.05) is 7.11 Å². The fourth-order valence-electron chi connectivity index (χ4n) is 4.11. The smallest absolute Gasteiger partial charge is 0.196 e. The second-order valence-electron chi connectivity index (χ2n) is 7.58. The molecule has 1 aromatic heterocycles. The van der Waals surface area contributed by atoms with Gasteiger partial charge in [0.05, 0.1) is 7.11 Å². The standard InChI is InChI=1S/C28H22O2S/c1-3-18-12-14-19(15-13-18)20-16-23(21-8-4-6-10-24(21)30-2)27-26(17-20)31-25-11-7-5-9-22(25)28(27)29/h4-17H,3H2,1-2H3. The molecule has 1 heterocycles. The fraction of sp³-hybridized carbons (Fsp3) is 0.107. The van der Waals surface area contributed by atoms with Gasteiger partial charge >= 0.3 is 0 Å². The lowest BCUT2D eigenvalue weighted by atomic mass is 9.94. The van der Waals surface area contributed by atoms with Crippen LogP contribution in [0.25, 0.3) is 42.4 Å². The summed E-state index contributed by atoms with van der Waals surface area (Å²) in [4.78, 5) is 13.6. The van der Waals surface area contributed by atoms with Crippen LogP contribution in [0.5, 0.6) is 5.75 Å². The van der Waals surface area contributed by atoms with Crippen LogP contribution in [-0.4, -0.2) is 7.11 Å². The third kappa shape index (κ3) is 3.41. The first kappa shape index (κ1) is 19.5. The molecule has 0 atom stereocenters. The van der Waals surface area contributed by atoms with Crippen molar-refractivity contribution in [3.05, 3.63) is 101 Å². The molecule has 0 N–H and O–H groups in total. The number of ether oxygens (including phenoxy) is 1. The minimum atomic E-state index is 0.0677. The van der Waals surface area contributed by atoms with Gasteiger partial charge in [-0.2, -0.15) is 0 Å². The zero-order valence-electron chi connectivity index (χ0n) is 17.5. The van der Waals surface area contributed by atoms with Crippen LogP contribution < -0.4 is 10.2 Å². The molecule has 5 rings (SSSR count). The maximum absolute atomic E-state index is 13.6. The highest BCUT2D eigenvalue weighted by Gasteiger charge is 2.16. The molecule has 4 aromatic carbocycles. The molecule has 0 saturated carbocycles. The maximum Gasteiger partial charge on any atom is 0.196 e. The van der Waals surface area contributed by atoms with Gasteiger partial charge in [-0.05, 0) is 59.0 Å². The van der Waals surface area contributed by atoms with Gasteiger partial charge in [0.2, 0.25) is 0 Å². The summed E-state index contributed by atoms with van der Waals surface area (Å²) in [6.45, 7) is 2.16. The lowest BCUT2D eigenvalue weighted by molar-refractivity contribution is 0.416. The molecule has 2 nitrogen and oxygen atoms in total. The van der Waals surface area contributed by atoms with Gasteiger partial charge in [0.15, 0.2) is 5.43 Å². The number of hydrogen-bond donors (Lipinski definition) is 0. The van der Waals surface area contributed by atoms with E-state index in [4.69, 9.17) is 4.74 Å². The van der Waals surface area contributed by atoms with Crippen LogP contribution in [0.2, 0.25) is 0 Å². The van der Waals surface area contributed by atoms with E-state index >= 15 is 0 Å². The Morgan fingerprint density at radius 2 is 1.52 bits per heavy atom. The number of hydrogen-bond acceptors (Lipinski definition) is 3. The molecule has 0 fully saturated rings. The van der Waals surface area contributed by atoms with E-state index in [1.165, 1.54) is 5.56 Å². The van der Waals surface area contributed by atoms with Crippen molar-refractivity contribution in [2.45, 2.75) is 13.3 Å². The highest BCUT2D eigenvalue weighted by atomic mass is 32.1. The summed E-state index contributed by atoms with van der Waals surface area (Å²) < 4.78 is 7.65. The van der Waals surface area contributed by atoms with Crippen LogP contribution in [0.15, 0.2) is 89.7 Å². The van der Waals surface area contributed by atoms with Gasteiger partial charge in [-0.15, -0.1) is 11.3 Å². The van der Waals surface area contributed by atoms with E-state index in [1.807, 2.05) is 48.5 Å². The SMILES string of the molecule is CCc1ccc(-c2cc(-c3ccccc3OC)c3c(=O)c4ccccc4sc3c2)cc1. The van der Waals surface area contributed by atoms with E-state index in [0.29, 0.717) is 0 Å². The number of benzene rings is 4. The summed E-state index contributed by atoms with van der Waals surface area (Å²) >= 11 is 1.66. The molecule has 0 unspecified atom stereocenters. The molecule has 0 aliphatic rings. The first-order valence-electron chi connectivity index (χ1n) is 10.4. The second-order valence-corrected chi connectivity index (χ2v) is 8.66. The molecule has 0 bridgehead atoms. The predicted octanol–water partition coefficient (Wildman–Crippen LogP) is 7.32. The Bertz CT molecular complexity index is 1460. The van der Waals surface area contributed by atoms with Gasteiger partial charge in [-0.1, -0.05) is 61.5 Å². The summed E-state index contributed by atoms with van der Waals surface area (Å²) in [7, 11) is 1.67. The second kappa shape index (κ2) is 8.01. The molecule has 152 valence electrons. The third-order valence-corrected chi connectivity index (χ3v) is 6.89. The maximum atomic E-state index is 13.6. The molecule has 0 saturated heterocycles. The van der Waals surface area contributed by atoms with Crippen molar-refractivity contribution >= 4 is 31.5 Å². The lowest BCUT2D eigenvalue weighted by Crippen LogP contribution is -2.03. The molecule has 3 heteroatoms. The van der Waals surface area contributed by atoms with E-state index in [2.05, 4.69) is 43.3 Å². The summed E-state index contributed by atoms with van der Waals surface area (Å²) in [5.74, 6) is 0.764. The van der Waals surface area contributed by atoms with Crippen LogP contribution in [-0.2, 0) is 6.42 Å². The first-order chi connectivity index (χ1) is 15.2. The highest BCUT2D eigenvalue weighted by Crippen LogP contribution is 2.39. The van der Waals surface area contributed by atoms with Gasteiger partial charge < -0.3 is 4.74 Å². The van der Waals surface area contributed by atoms with Crippen LogP contribution in [0.3, 0.4) is 0 Å². The van der Waals surface area contributed by atoms with E-state index in [0.717, 1.165) is 54.6 Å². The van der Waals surface area contributed by atoms with Crippen molar-refractivity contribution in [3.63, 3.8) is 0 Å². The summed E-state index contributed by atoms with van der Waals surface area (Å²) in [6.07, 6.45) is 1.01. The van der Waals surface area contributed by atoms with Crippen LogP contribution in [0.1, 0.15) is 12.5 Å². The quantitative estimate of drug-likeness (QED) is 0.284. The first-order valence-corrected chi connectivity index (χ1v) is 11.2. The number of aryl methyl sites for hydroxylation is 1. The topological polar surface area (TPSA) is 26.3 Å². The Kier molecular flexibility index (Phi) is 5.05.